The molecule has 0 aliphatic carbocycles. The Morgan fingerprint density at radius 2 is 2.21 bits per heavy atom. The fourth-order valence-corrected chi connectivity index (χ4v) is 3.59. The van der Waals surface area contributed by atoms with Crippen LogP contribution in [0.5, 0.6) is 0 Å². The number of fused-ring (bicyclic) bond motifs is 1. The van der Waals surface area contributed by atoms with Crippen LogP contribution >= 0.6 is 22.9 Å². The first kappa shape index (κ1) is 12.5. The first-order chi connectivity index (χ1) is 9.22. The van der Waals surface area contributed by atoms with E-state index in [0.29, 0.717) is 11.0 Å². The molecule has 0 aliphatic heterocycles. The van der Waals surface area contributed by atoms with Gasteiger partial charge in [-0.05, 0) is 30.0 Å². The second-order valence-electron chi connectivity index (χ2n) is 4.39. The lowest BCUT2D eigenvalue weighted by atomic mass is 10.1. The molecule has 3 nitrogen and oxygen atoms in total. The summed E-state index contributed by atoms with van der Waals surface area (Å²) in [7, 11) is 0. The molecule has 0 amide bonds. The number of benzene rings is 1. The lowest BCUT2D eigenvalue weighted by molar-refractivity contribution is 0.599. The van der Waals surface area contributed by atoms with Crippen molar-refractivity contribution in [2.45, 2.75) is 19.4 Å². The maximum atomic E-state index is 6.32. The molecule has 19 heavy (non-hydrogen) atoms. The van der Waals surface area contributed by atoms with Crippen LogP contribution in [-0.4, -0.2) is 9.55 Å². The molecule has 2 aromatic heterocycles. The third-order valence-electron chi connectivity index (χ3n) is 3.26. The zero-order valence-electron chi connectivity index (χ0n) is 10.5. The van der Waals surface area contributed by atoms with Gasteiger partial charge in [0, 0.05) is 4.88 Å². The van der Waals surface area contributed by atoms with Gasteiger partial charge in [-0.1, -0.05) is 30.7 Å². The highest BCUT2D eigenvalue weighted by Crippen LogP contribution is 2.34. The summed E-state index contributed by atoms with van der Waals surface area (Å²) >= 11 is 8.05. The molecule has 2 N–H and O–H groups in total. The summed E-state index contributed by atoms with van der Waals surface area (Å²) in [6.07, 6.45) is 0.946. The van der Waals surface area contributed by atoms with Gasteiger partial charge in [-0.25, -0.2) is 4.98 Å². The van der Waals surface area contributed by atoms with Crippen LogP contribution in [0.15, 0.2) is 35.7 Å². The van der Waals surface area contributed by atoms with E-state index in [4.69, 9.17) is 17.3 Å². The van der Waals surface area contributed by atoms with Gasteiger partial charge in [-0.2, -0.15) is 0 Å². The maximum Gasteiger partial charge on any atom is 0.201 e. The predicted octanol–water partition coefficient (Wildman–Crippen LogP) is 4.33. The maximum absolute atomic E-state index is 6.32. The number of nitrogen functional groups attached to an aromatic ring is 1. The molecule has 3 rings (SSSR count). The molecule has 0 fully saturated rings. The van der Waals surface area contributed by atoms with Crippen LogP contribution in [-0.2, 0) is 0 Å². The molecule has 0 saturated heterocycles. The molecule has 3 aromatic rings. The van der Waals surface area contributed by atoms with Crippen molar-refractivity contribution in [2.24, 2.45) is 0 Å². The Hall–Kier alpha value is -1.52. The zero-order chi connectivity index (χ0) is 13.4. The third-order valence-corrected chi connectivity index (χ3v) is 4.54. The number of hydrogen-bond acceptors (Lipinski definition) is 3. The van der Waals surface area contributed by atoms with Crippen molar-refractivity contribution in [3.63, 3.8) is 0 Å². The van der Waals surface area contributed by atoms with E-state index in [1.807, 2.05) is 22.8 Å². The van der Waals surface area contributed by atoms with E-state index in [-0.39, 0.29) is 6.04 Å². The molecule has 0 aliphatic rings. The number of aromatic nitrogens is 2. The van der Waals surface area contributed by atoms with E-state index >= 15 is 0 Å². The Morgan fingerprint density at radius 3 is 2.89 bits per heavy atom. The number of imidazole rings is 1. The lowest BCUT2D eigenvalue weighted by Gasteiger charge is -2.18. The van der Waals surface area contributed by atoms with Crippen LogP contribution in [0.25, 0.3) is 11.0 Å². The van der Waals surface area contributed by atoms with Crippen molar-refractivity contribution < 1.29 is 0 Å². The Labute approximate surface area is 120 Å². The molecular weight excluding hydrogens is 278 g/mol. The number of para-hydroxylation sites is 1. The number of nitrogens with two attached hydrogens (primary N) is 1. The Morgan fingerprint density at radius 1 is 1.37 bits per heavy atom. The molecule has 0 bridgehead atoms. The van der Waals surface area contributed by atoms with E-state index in [2.05, 4.69) is 29.4 Å². The summed E-state index contributed by atoms with van der Waals surface area (Å²) in [5.74, 6) is 0.517. The number of halogens is 1. The second kappa shape index (κ2) is 4.87. The van der Waals surface area contributed by atoms with Gasteiger partial charge in [-0.3, -0.25) is 0 Å². The van der Waals surface area contributed by atoms with Crippen molar-refractivity contribution in [1.82, 2.24) is 9.55 Å². The Kier molecular flexibility index (Phi) is 3.21. The molecule has 2 heterocycles. The summed E-state index contributed by atoms with van der Waals surface area (Å²) in [5.41, 5.74) is 7.87. The topological polar surface area (TPSA) is 43.8 Å². The van der Waals surface area contributed by atoms with Gasteiger partial charge in [-0.15, -0.1) is 11.3 Å². The van der Waals surface area contributed by atoms with Crippen LogP contribution in [0, 0.1) is 0 Å². The quantitative estimate of drug-likeness (QED) is 0.780. The minimum atomic E-state index is 0.185. The average Bonchev–Trinajstić information content (AvgIpc) is 3.00. The van der Waals surface area contributed by atoms with Crippen molar-refractivity contribution in [3.8, 4) is 0 Å². The van der Waals surface area contributed by atoms with Gasteiger partial charge in [0.25, 0.3) is 0 Å². The van der Waals surface area contributed by atoms with E-state index in [9.17, 15) is 0 Å². The number of hydrogen-bond donors (Lipinski definition) is 1. The fourth-order valence-electron chi connectivity index (χ4n) is 2.43. The van der Waals surface area contributed by atoms with Crippen LogP contribution in [0.1, 0.15) is 24.3 Å². The number of thiophene rings is 1. The van der Waals surface area contributed by atoms with Crippen LogP contribution < -0.4 is 5.73 Å². The Bertz CT molecular complexity index is 703. The first-order valence-electron chi connectivity index (χ1n) is 6.17. The van der Waals surface area contributed by atoms with E-state index in [1.54, 1.807) is 11.3 Å². The minimum absolute atomic E-state index is 0.185. The lowest BCUT2D eigenvalue weighted by Crippen LogP contribution is -2.11. The molecule has 1 atom stereocenters. The number of nitrogens with zero attached hydrogens (tertiary/aromatic N) is 2. The zero-order valence-corrected chi connectivity index (χ0v) is 12.1. The highest BCUT2D eigenvalue weighted by atomic mass is 35.5. The average molecular weight is 292 g/mol. The number of anilines is 1. The minimum Gasteiger partial charge on any atom is -0.369 e. The molecule has 5 heteroatoms. The van der Waals surface area contributed by atoms with Crippen molar-refractivity contribution in [2.75, 3.05) is 5.73 Å². The molecule has 0 saturated carbocycles. The fraction of sp³-hybridized carbons (Fsp3) is 0.214. The van der Waals surface area contributed by atoms with Gasteiger partial charge in [0.1, 0.15) is 0 Å². The third kappa shape index (κ3) is 2.01. The summed E-state index contributed by atoms with van der Waals surface area (Å²) in [6, 6.07) is 10.1. The first-order valence-corrected chi connectivity index (χ1v) is 7.43. The summed E-state index contributed by atoms with van der Waals surface area (Å²) < 4.78 is 2.05. The van der Waals surface area contributed by atoms with Gasteiger partial charge < -0.3 is 10.3 Å². The van der Waals surface area contributed by atoms with E-state index < -0.39 is 0 Å². The van der Waals surface area contributed by atoms with Gasteiger partial charge in [0.2, 0.25) is 5.95 Å². The summed E-state index contributed by atoms with van der Waals surface area (Å²) in [5, 5.41) is 2.77. The second-order valence-corrected chi connectivity index (χ2v) is 5.77. The molecule has 1 aromatic carbocycles. The van der Waals surface area contributed by atoms with Crippen LogP contribution in [0.2, 0.25) is 5.02 Å². The van der Waals surface area contributed by atoms with Gasteiger partial charge in [0.15, 0.2) is 0 Å². The molecule has 0 radical (unpaired) electrons. The highest BCUT2D eigenvalue weighted by molar-refractivity contribution is 7.10. The summed E-state index contributed by atoms with van der Waals surface area (Å²) in [6.45, 7) is 2.15. The highest BCUT2D eigenvalue weighted by Gasteiger charge is 2.20. The summed E-state index contributed by atoms with van der Waals surface area (Å²) in [4.78, 5) is 5.69. The normalized spacial score (nSPS) is 12.9. The van der Waals surface area contributed by atoms with Crippen LogP contribution in [0.4, 0.5) is 5.95 Å². The molecular formula is C14H14ClN3S. The Balaban J connectivity index is 2.26. The molecule has 0 spiro atoms. The van der Waals surface area contributed by atoms with Gasteiger partial charge >= 0.3 is 0 Å². The molecule has 98 valence electrons. The smallest absolute Gasteiger partial charge is 0.201 e. The monoisotopic (exact) mass is 291 g/mol. The van der Waals surface area contributed by atoms with E-state index in [0.717, 1.165) is 17.5 Å². The molecule has 1 unspecified atom stereocenters. The largest absolute Gasteiger partial charge is 0.369 e. The van der Waals surface area contributed by atoms with Gasteiger partial charge in [0.05, 0.1) is 22.1 Å². The predicted molar refractivity (Wildman–Crippen MR) is 81.9 cm³/mol. The SMILES string of the molecule is CCC(c1cccs1)n1c(N)nc2cccc(Cl)c21. The van der Waals surface area contributed by atoms with E-state index in [1.165, 1.54) is 4.88 Å². The number of rotatable bonds is 3. The van der Waals surface area contributed by atoms with Crippen LogP contribution in [0.3, 0.4) is 0 Å². The van der Waals surface area contributed by atoms with Crippen molar-refractivity contribution >= 4 is 39.9 Å². The standard InChI is InChI=1S/C14H14ClN3S/c1-2-11(12-7-4-8-19-12)18-13-9(15)5-3-6-10(13)17-14(18)16/h3-8,11H,2H2,1H3,(H2,16,17). The van der Waals surface area contributed by atoms with Crippen molar-refractivity contribution in [1.29, 1.82) is 0 Å². The van der Waals surface area contributed by atoms with Crippen molar-refractivity contribution in [3.05, 3.63) is 45.6 Å².